The van der Waals surface area contributed by atoms with Crippen molar-refractivity contribution in [3.63, 3.8) is 0 Å². The van der Waals surface area contributed by atoms with Gasteiger partial charge in [0.15, 0.2) is 0 Å². The van der Waals surface area contributed by atoms with Crippen LogP contribution in [0.5, 0.6) is 0 Å². The molecule has 4 nitrogen and oxygen atoms in total. The van der Waals surface area contributed by atoms with Crippen molar-refractivity contribution in [2.45, 2.75) is 13.8 Å². The second kappa shape index (κ2) is 8.08. The molecule has 110 valence electrons. The number of carbonyl (C=O) groups is 1. The van der Waals surface area contributed by atoms with Gasteiger partial charge in [0.1, 0.15) is 10.0 Å². The number of carbonyl (C=O) groups excluding carboxylic acids is 1. The van der Waals surface area contributed by atoms with Gasteiger partial charge in [0.25, 0.3) is 0 Å². The molecule has 1 aromatic heterocycles. The Labute approximate surface area is 156 Å². The largest absolute Gasteiger partial charge is 1.00 e. The molecule has 0 aliphatic rings. The normalized spacial score (nSPS) is 11.2. The average molecular weight is 343 g/mol. The maximum atomic E-state index is 12.0. The molecule has 0 atom stereocenters. The van der Waals surface area contributed by atoms with E-state index in [1.165, 1.54) is 17.4 Å². The molecule has 0 bridgehead atoms. The Balaban J connectivity index is 0.00000242. The summed E-state index contributed by atoms with van der Waals surface area (Å²) in [4.78, 5) is 12.8. The van der Waals surface area contributed by atoms with E-state index in [4.69, 9.17) is 0 Å². The van der Waals surface area contributed by atoms with Gasteiger partial charge in [0, 0.05) is 15.8 Å². The van der Waals surface area contributed by atoms with E-state index in [1.54, 1.807) is 25.1 Å². The number of thiophene rings is 1. The van der Waals surface area contributed by atoms with Crippen LogP contribution in [0.4, 0.5) is 0 Å². The smallest absolute Gasteiger partial charge is 0.538 e. The zero-order valence-corrected chi connectivity index (χ0v) is 16.2. The molecule has 2 aromatic rings. The first-order valence-corrected chi connectivity index (χ1v) is 8.57. The molecule has 0 N–H and O–H groups in total. The first-order valence-electron chi connectivity index (χ1n) is 6.18. The molecule has 7 heteroatoms. The van der Waals surface area contributed by atoms with Crippen molar-refractivity contribution < 1.29 is 42.8 Å². The number of benzene rings is 1. The van der Waals surface area contributed by atoms with Crippen LogP contribution in [0.15, 0.2) is 41.1 Å². The summed E-state index contributed by atoms with van der Waals surface area (Å²) >= 11 is 1.41. The molecule has 0 unspecified atom stereocenters. The molecule has 2 rings (SSSR count). The van der Waals surface area contributed by atoms with Crippen LogP contribution in [0, 0.1) is 13.8 Å². The van der Waals surface area contributed by atoms with Crippen molar-refractivity contribution in [1.29, 1.82) is 0 Å². The van der Waals surface area contributed by atoms with Crippen LogP contribution in [0.25, 0.3) is 10.8 Å². The molecule has 1 heterocycles. The third-order valence-corrected chi connectivity index (χ3v) is 4.51. The number of rotatable bonds is 4. The van der Waals surface area contributed by atoms with E-state index in [0.29, 0.717) is 11.1 Å². The van der Waals surface area contributed by atoms with Crippen LogP contribution >= 0.6 is 11.3 Å². The van der Waals surface area contributed by atoms with E-state index in [9.17, 15) is 13.2 Å². The minimum atomic E-state index is -3.93. The number of amides is 1. The van der Waals surface area contributed by atoms with Crippen molar-refractivity contribution >= 4 is 33.3 Å². The summed E-state index contributed by atoms with van der Waals surface area (Å²) in [7, 11) is -3.93. The van der Waals surface area contributed by atoms with Crippen LogP contribution in [0.3, 0.4) is 0 Å². The molecule has 0 saturated carbocycles. The van der Waals surface area contributed by atoms with Gasteiger partial charge in [-0.3, -0.25) is 0 Å². The molecule has 0 radical (unpaired) electrons. The first kappa shape index (κ1) is 19.1. The Hall–Kier alpha value is -0.920. The Kier molecular flexibility index (Phi) is 7.02. The monoisotopic (exact) mass is 343 g/mol. The van der Waals surface area contributed by atoms with E-state index >= 15 is 0 Å². The van der Waals surface area contributed by atoms with Gasteiger partial charge in [-0.1, -0.05) is 29.8 Å². The number of hydrogen-bond acceptors (Lipinski definition) is 4. The van der Waals surface area contributed by atoms with Gasteiger partial charge in [0.05, 0.1) is 5.91 Å². The topological polar surface area (TPSA) is 65.3 Å². The van der Waals surface area contributed by atoms with Gasteiger partial charge >= 0.3 is 29.6 Å². The molecule has 0 spiro atoms. The van der Waals surface area contributed by atoms with Crippen molar-refractivity contribution in [3.8, 4) is 0 Å². The maximum absolute atomic E-state index is 12.0. The van der Waals surface area contributed by atoms with Gasteiger partial charge in [-0.25, -0.2) is 8.42 Å². The molecule has 0 aliphatic heterocycles. The Bertz CT molecular complexity index is 781. The number of hydrogen-bond donors (Lipinski definition) is 0. The predicted octanol–water partition coefficient (Wildman–Crippen LogP) is 0.884. The second-order valence-corrected chi connectivity index (χ2v) is 7.01. The summed E-state index contributed by atoms with van der Waals surface area (Å²) in [6.07, 6.45) is 1.43. The van der Waals surface area contributed by atoms with Gasteiger partial charge in [-0.2, -0.15) is 0 Å². The standard InChI is InChI=1S/C15H15NO3S2.Na/c1-11-5-6-14(12(2)10-11)15(17)16-21(18,19)9-7-13-4-3-8-20-13;/h3-10H,1-2H3,(H,16,17);/q;+1/p-1/b9-7+;. The molecular formula is C15H14NNaO3S2. The Morgan fingerprint density at radius 3 is 2.55 bits per heavy atom. The number of nitrogens with zero attached hydrogens (tertiary/aromatic N) is 1. The van der Waals surface area contributed by atoms with Crippen molar-refractivity contribution in [2.75, 3.05) is 0 Å². The SMILES string of the molecule is Cc1ccc(C(=O)[N-]S(=O)(=O)/C=C/c2cccs2)c(C)c1.[Na+]. The quantitative estimate of drug-likeness (QED) is 0.774. The summed E-state index contributed by atoms with van der Waals surface area (Å²) in [5.41, 5.74) is 2.01. The fraction of sp³-hybridized carbons (Fsp3) is 0.133. The fourth-order valence-electron chi connectivity index (χ4n) is 1.79. The Morgan fingerprint density at radius 1 is 1.23 bits per heavy atom. The molecule has 0 saturated heterocycles. The van der Waals surface area contributed by atoms with E-state index in [2.05, 4.69) is 4.72 Å². The molecule has 0 aliphatic carbocycles. The molecule has 0 fully saturated rings. The third kappa shape index (κ3) is 5.37. The summed E-state index contributed by atoms with van der Waals surface area (Å²) < 4.78 is 27.0. The van der Waals surface area contributed by atoms with Gasteiger partial charge < -0.3 is 9.52 Å². The van der Waals surface area contributed by atoms with E-state index < -0.39 is 15.9 Å². The molecule has 22 heavy (non-hydrogen) atoms. The minimum absolute atomic E-state index is 0. The Morgan fingerprint density at radius 2 is 1.95 bits per heavy atom. The summed E-state index contributed by atoms with van der Waals surface area (Å²) in [6.45, 7) is 3.66. The van der Waals surface area contributed by atoms with E-state index in [1.807, 2.05) is 24.4 Å². The fourth-order valence-corrected chi connectivity index (χ4v) is 3.20. The summed E-state index contributed by atoms with van der Waals surface area (Å²) in [5.74, 6) is -0.747. The first-order chi connectivity index (χ1) is 9.87. The third-order valence-electron chi connectivity index (χ3n) is 2.77. The van der Waals surface area contributed by atoms with Gasteiger partial charge in [-0.05, 0) is 36.9 Å². The average Bonchev–Trinajstić information content (AvgIpc) is 2.88. The number of aryl methyl sites for hydroxylation is 2. The predicted molar refractivity (Wildman–Crippen MR) is 85.9 cm³/mol. The van der Waals surface area contributed by atoms with Crippen LogP contribution in [0.2, 0.25) is 0 Å². The second-order valence-electron chi connectivity index (χ2n) is 4.55. The van der Waals surface area contributed by atoms with Gasteiger partial charge in [0.2, 0.25) is 0 Å². The van der Waals surface area contributed by atoms with Crippen LogP contribution < -0.4 is 29.6 Å². The molecule has 1 aromatic carbocycles. The van der Waals surface area contributed by atoms with Gasteiger partial charge in [-0.15, -0.1) is 11.3 Å². The van der Waals surface area contributed by atoms with Crippen LogP contribution in [-0.2, 0) is 10.0 Å². The summed E-state index contributed by atoms with van der Waals surface area (Å²) in [5, 5.41) is 2.78. The van der Waals surface area contributed by atoms with Crippen molar-refractivity contribution in [2.24, 2.45) is 0 Å². The number of sulfonamides is 1. The minimum Gasteiger partial charge on any atom is -0.538 e. The van der Waals surface area contributed by atoms with Crippen LogP contribution in [0.1, 0.15) is 26.4 Å². The zero-order valence-electron chi connectivity index (χ0n) is 12.6. The summed E-state index contributed by atoms with van der Waals surface area (Å²) in [6, 6.07) is 8.76. The van der Waals surface area contributed by atoms with E-state index in [0.717, 1.165) is 15.8 Å². The van der Waals surface area contributed by atoms with E-state index in [-0.39, 0.29) is 29.6 Å². The van der Waals surface area contributed by atoms with Crippen molar-refractivity contribution in [3.05, 3.63) is 67.4 Å². The zero-order chi connectivity index (χ0) is 15.5. The maximum Gasteiger partial charge on any atom is 1.00 e. The van der Waals surface area contributed by atoms with Crippen LogP contribution in [-0.4, -0.2) is 14.3 Å². The molecular weight excluding hydrogens is 329 g/mol. The van der Waals surface area contributed by atoms with Crippen molar-refractivity contribution in [1.82, 2.24) is 0 Å². The molecule has 1 amide bonds.